The maximum absolute atomic E-state index is 10.9. The lowest BCUT2D eigenvalue weighted by Gasteiger charge is -2.11. The first-order valence-corrected chi connectivity index (χ1v) is 7.16. The molecule has 5 nitrogen and oxygen atoms in total. The Balaban J connectivity index is 2.17. The molecule has 110 valence electrons. The van der Waals surface area contributed by atoms with Crippen molar-refractivity contribution >= 4 is 21.6 Å². The molecule has 0 bridgehead atoms. The third-order valence-electron chi connectivity index (χ3n) is 3.23. The van der Waals surface area contributed by atoms with Crippen LogP contribution in [-0.2, 0) is 13.2 Å². The highest BCUT2D eigenvalue weighted by Gasteiger charge is 2.13. The van der Waals surface area contributed by atoms with Crippen molar-refractivity contribution < 1.29 is 9.66 Å². The van der Waals surface area contributed by atoms with E-state index in [4.69, 9.17) is 10.5 Å². The zero-order chi connectivity index (χ0) is 15.4. The molecule has 0 aliphatic carbocycles. The number of hydrogen-bond donors (Lipinski definition) is 1. The minimum atomic E-state index is -0.384. The van der Waals surface area contributed by atoms with Gasteiger partial charge in [-0.3, -0.25) is 10.1 Å². The van der Waals surface area contributed by atoms with E-state index >= 15 is 0 Å². The van der Waals surface area contributed by atoms with Crippen LogP contribution in [-0.4, -0.2) is 4.92 Å². The van der Waals surface area contributed by atoms with E-state index in [0.29, 0.717) is 17.9 Å². The van der Waals surface area contributed by atoms with Crippen molar-refractivity contribution in [1.82, 2.24) is 0 Å². The van der Waals surface area contributed by atoms with Gasteiger partial charge in [0.25, 0.3) is 5.69 Å². The molecule has 0 aromatic heterocycles. The lowest BCUT2D eigenvalue weighted by Crippen LogP contribution is -2.02. The Labute approximate surface area is 131 Å². The zero-order valence-electron chi connectivity index (χ0n) is 11.5. The van der Waals surface area contributed by atoms with Crippen molar-refractivity contribution in [1.29, 1.82) is 0 Å². The van der Waals surface area contributed by atoms with Crippen molar-refractivity contribution in [3.8, 4) is 5.75 Å². The lowest BCUT2D eigenvalue weighted by molar-refractivity contribution is -0.385. The quantitative estimate of drug-likeness (QED) is 0.658. The van der Waals surface area contributed by atoms with Crippen LogP contribution in [0.1, 0.15) is 16.7 Å². The Bertz CT molecular complexity index is 674. The second-order valence-corrected chi connectivity index (χ2v) is 5.43. The molecule has 2 aromatic rings. The Morgan fingerprint density at radius 1 is 1.33 bits per heavy atom. The number of benzene rings is 2. The van der Waals surface area contributed by atoms with Gasteiger partial charge in [0.05, 0.1) is 9.40 Å². The molecule has 2 N–H and O–H groups in total. The molecule has 21 heavy (non-hydrogen) atoms. The van der Waals surface area contributed by atoms with Crippen LogP contribution in [0.4, 0.5) is 5.69 Å². The third-order valence-corrected chi connectivity index (χ3v) is 3.85. The zero-order valence-corrected chi connectivity index (χ0v) is 13.1. The molecule has 0 saturated heterocycles. The number of nitro benzene ring substituents is 1. The maximum atomic E-state index is 10.9. The number of hydrogen-bond acceptors (Lipinski definition) is 4. The van der Waals surface area contributed by atoms with Gasteiger partial charge in [0.15, 0.2) is 0 Å². The van der Waals surface area contributed by atoms with Crippen LogP contribution in [0.5, 0.6) is 5.75 Å². The highest BCUT2D eigenvalue weighted by molar-refractivity contribution is 9.10. The van der Waals surface area contributed by atoms with Gasteiger partial charge in [-0.1, -0.05) is 18.2 Å². The Morgan fingerprint density at radius 2 is 2.10 bits per heavy atom. The summed E-state index contributed by atoms with van der Waals surface area (Å²) in [5, 5.41) is 10.9. The number of rotatable bonds is 5. The molecule has 0 atom stereocenters. The number of nitrogens with two attached hydrogens (primary N) is 1. The topological polar surface area (TPSA) is 78.4 Å². The molecule has 0 aliphatic heterocycles. The van der Waals surface area contributed by atoms with Gasteiger partial charge in [-0.05, 0) is 46.1 Å². The smallest absolute Gasteiger partial charge is 0.272 e. The van der Waals surface area contributed by atoms with E-state index in [0.717, 1.165) is 15.6 Å². The predicted octanol–water partition coefficient (Wildman–Crippen LogP) is 3.70. The molecule has 0 radical (unpaired) electrons. The summed E-state index contributed by atoms with van der Waals surface area (Å²) >= 11 is 3.43. The van der Waals surface area contributed by atoms with Gasteiger partial charge in [-0.25, -0.2) is 0 Å². The van der Waals surface area contributed by atoms with E-state index in [9.17, 15) is 10.1 Å². The molecule has 0 spiro atoms. The van der Waals surface area contributed by atoms with Gasteiger partial charge in [-0.15, -0.1) is 0 Å². The van der Waals surface area contributed by atoms with Crippen molar-refractivity contribution in [2.75, 3.05) is 0 Å². The summed E-state index contributed by atoms with van der Waals surface area (Å²) < 4.78 is 6.54. The van der Waals surface area contributed by atoms with Gasteiger partial charge in [0, 0.05) is 18.2 Å². The minimum absolute atomic E-state index is 0.105. The second-order valence-electron chi connectivity index (χ2n) is 4.58. The largest absolute Gasteiger partial charge is 0.488 e. The molecular formula is C15H15BrN2O3. The average Bonchev–Trinajstić information content (AvgIpc) is 2.46. The van der Waals surface area contributed by atoms with Gasteiger partial charge in [-0.2, -0.15) is 0 Å². The van der Waals surface area contributed by atoms with Gasteiger partial charge >= 0.3 is 0 Å². The molecule has 0 fully saturated rings. The summed E-state index contributed by atoms with van der Waals surface area (Å²) in [7, 11) is 0. The van der Waals surface area contributed by atoms with Crippen LogP contribution in [0.2, 0.25) is 0 Å². The highest BCUT2D eigenvalue weighted by atomic mass is 79.9. The summed E-state index contributed by atoms with van der Waals surface area (Å²) in [6, 6.07) is 10.6. The fourth-order valence-electron chi connectivity index (χ4n) is 1.97. The summed E-state index contributed by atoms with van der Waals surface area (Å²) in [4.78, 5) is 10.5. The molecule has 0 heterocycles. The van der Waals surface area contributed by atoms with Crippen molar-refractivity contribution in [2.45, 2.75) is 20.1 Å². The first-order chi connectivity index (χ1) is 10.0. The normalized spacial score (nSPS) is 10.4. The molecule has 0 unspecified atom stereocenters. The van der Waals surface area contributed by atoms with E-state index in [2.05, 4.69) is 15.9 Å². The van der Waals surface area contributed by atoms with E-state index in [1.54, 1.807) is 13.0 Å². The Kier molecular flexibility index (Phi) is 4.93. The fraction of sp³-hybridized carbons (Fsp3) is 0.200. The van der Waals surface area contributed by atoms with E-state index < -0.39 is 0 Å². The molecule has 2 aromatic carbocycles. The first-order valence-electron chi connectivity index (χ1n) is 6.37. The van der Waals surface area contributed by atoms with Crippen LogP contribution in [0.25, 0.3) is 0 Å². The molecule has 0 saturated carbocycles. The van der Waals surface area contributed by atoms with E-state index in [-0.39, 0.29) is 17.2 Å². The number of nitro groups is 1. The monoisotopic (exact) mass is 350 g/mol. The standard InChI is InChI=1S/C15H15BrN2O3/c1-10-12(3-2-4-14(10)18(19)20)9-21-15-6-5-11(8-17)7-13(15)16/h2-7H,8-9,17H2,1H3. The van der Waals surface area contributed by atoms with E-state index in [1.807, 2.05) is 24.3 Å². The molecular weight excluding hydrogens is 336 g/mol. The van der Waals surface area contributed by atoms with Crippen LogP contribution in [0, 0.1) is 17.0 Å². The van der Waals surface area contributed by atoms with Crippen LogP contribution >= 0.6 is 15.9 Å². The SMILES string of the molecule is Cc1c(COc2ccc(CN)cc2Br)cccc1[N+](=O)[O-]. The molecule has 2 rings (SSSR count). The lowest BCUT2D eigenvalue weighted by atomic mass is 10.1. The van der Waals surface area contributed by atoms with Crippen molar-refractivity contribution in [3.63, 3.8) is 0 Å². The molecule has 0 aliphatic rings. The third kappa shape index (κ3) is 3.59. The van der Waals surface area contributed by atoms with E-state index in [1.165, 1.54) is 6.07 Å². The van der Waals surface area contributed by atoms with Crippen molar-refractivity contribution in [3.05, 3.63) is 67.7 Å². The van der Waals surface area contributed by atoms with Gasteiger partial charge in [0.2, 0.25) is 0 Å². The second kappa shape index (κ2) is 6.69. The summed E-state index contributed by atoms with van der Waals surface area (Å²) in [5.41, 5.74) is 8.09. The molecule has 6 heteroatoms. The summed E-state index contributed by atoms with van der Waals surface area (Å²) in [6.45, 7) is 2.46. The first kappa shape index (κ1) is 15.5. The van der Waals surface area contributed by atoms with Crippen LogP contribution in [0.15, 0.2) is 40.9 Å². The maximum Gasteiger partial charge on any atom is 0.272 e. The number of nitrogens with zero attached hydrogens (tertiary/aromatic N) is 1. The highest BCUT2D eigenvalue weighted by Crippen LogP contribution is 2.28. The van der Waals surface area contributed by atoms with Gasteiger partial charge in [0.1, 0.15) is 12.4 Å². The minimum Gasteiger partial charge on any atom is -0.488 e. The van der Waals surface area contributed by atoms with Crippen LogP contribution in [0.3, 0.4) is 0 Å². The Morgan fingerprint density at radius 3 is 2.71 bits per heavy atom. The van der Waals surface area contributed by atoms with Crippen molar-refractivity contribution in [2.24, 2.45) is 5.73 Å². The molecule has 0 amide bonds. The van der Waals surface area contributed by atoms with Gasteiger partial charge < -0.3 is 10.5 Å². The number of ether oxygens (including phenoxy) is 1. The number of halogens is 1. The fourth-order valence-corrected chi connectivity index (χ4v) is 2.51. The average molecular weight is 351 g/mol. The summed E-state index contributed by atoms with van der Waals surface area (Å²) in [6.07, 6.45) is 0. The van der Waals surface area contributed by atoms with Crippen LogP contribution < -0.4 is 10.5 Å². The Hall–Kier alpha value is -1.92. The predicted molar refractivity (Wildman–Crippen MR) is 84.2 cm³/mol. The summed E-state index contributed by atoms with van der Waals surface area (Å²) in [5.74, 6) is 0.679.